The van der Waals surface area contributed by atoms with E-state index in [1.807, 2.05) is 0 Å². The van der Waals surface area contributed by atoms with Crippen molar-refractivity contribution < 1.29 is 9.53 Å². The third kappa shape index (κ3) is 4.89. The molecular weight excluding hydrogens is 342 g/mol. The zero-order valence-corrected chi connectivity index (χ0v) is 16.7. The second-order valence-electron chi connectivity index (χ2n) is 7.64. The van der Waals surface area contributed by atoms with Crippen molar-refractivity contribution in [1.29, 1.82) is 0 Å². The van der Waals surface area contributed by atoms with Crippen LogP contribution in [0.1, 0.15) is 57.9 Å². The standard InChI is InChI=1S/C20H33N5O2/c1-3-5-13-27-20-22-18(21)16-14-17(26)25(19(16)23-20)10-6-7-15-8-11-24(4-2)12-9-15/h15H,3-14H2,1-2H3,(H2,21,22,23). The molecule has 1 aromatic rings. The van der Waals surface area contributed by atoms with Gasteiger partial charge in [-0.1, -0.05) is 20.3 Å². The Balaban J connectivity index is 1.56. The number of likely N-dealkylation sites (tertiary alicyclic amines) is 1. The van der Waals surface area contributed by atoms with Crippen LogP contribution in [0.15, 0.2) is 0 Å². The molecule has 0 aromatic carbocycles. The zero-order valence-electron chi connectivity index (χ0n) is 16.7. The van der Waals surface area contributed by atoms with Gasteiger partial charge in [0.25, 0.3) is 0 Å². The lowest BCUT2D eigenvalue weighted by Crippen LogP contribution is -2.34. The van der Waals surface area contributed by atoms with Gasteiger partial charge in [-0.05, 0) is 57.7 Å². The Morgan fingerprint density at radius 2 is 1.96 bits per heavy atom. The lowest BCUT2D eigenvalue weighted by Gasteiger charge is -2.31. The van der Waals surface area contributed by atoms with Crippen LogP contribution in [-0.4, -0.2) is 53.6 Å². The number of fused-ring (bicyclic) bond motifs is 1. The number of unbranched alkanes of at least 4 members (excludes halogenated alkanes) is 1. The summed E-state index contributed by atoms with van der Waals surface area (Å²) in [5.74, 6) is 1.86. The molecule has 3 rings (SSSR count). The molecule has 7 heteroatoms. The first-order valence-electron chi connectivity index (χ1n) is 10.4. The highest BCUT2D eigenvalue weighted by Gasteiger charge is 2.32. The van der Waals surface area contributed by atoms with E-state index in [1.165, 1.54) is 25.9 Å². The van der Waals surface area contributed by atoms with Crippen LogP contribution in [-0.2, 0) is 11.2 Å². The van der Waals surface area contributed by atoms with Crippen LogP contribution in [0.2, 0.25) is 0 Å². The van der Waals surface area contributed by atoms with Gasteiger partial charge in [0.15, 0.2) is 0 Å². The van der Waals surface area contributed by atoms with E-state index in [1.54, 1.807) is 4.90 Å². The first-order chi connectivity index (χ1) is 13.1. The van der Waals surface area contributed by atoms with Gasteiger partial charge in [-0.25, -0.2) is 0 Å². The predicted molar refractivity (Wildman–Crippen MR) is 107 cm³/mol. The fourth-order valence-electron chi connectivity index (χ4n) is 3.96. The molecule has 0 saturated carbocycles. The van der Waals surface area contributed by atoms with Gasteiger partial charge in [-0.3, -0.25) is 9.69 Å². The normalized spacial score (nSPS) is 18.1. The number of aromatic nitrogens is 2. The van der Waals surface area contributed by atoms with Crippen molar-refractivity contribution in [2.75, 3.05) is 43.4 Å². The Labute approximate surface area is 162 Å². The highest BCUT2D eigenvalue weighted by molar-refractivity contribution is 6.01. The van der Waals surface area contributed by atoms with Gasteiger partial charge >= 0.3 is 6.01 Å². The maximum atomic E-state index is 12.5. The molecule has 0 atom stereocenters. The minimum Gasteiger partial charge on any atom is -0.463 e. The van der Waals surface area contributed by atoms with Crippen molar-refractivity contribution in [2.45, 2.75) is 58.8 Å². The molecule has 1 fully saturated rings. The first kappa shape index (κ1) is 19.9. The molecule has 150 valence electrons. The number of ether oxygens (including phenoxy) is 1. The van der Waals surface area contributed by atoms with Gasteiger partial charge < -0.3 is 15.4 Å². The molecule has 7 nitrogen and oxygen atoms in total. The number of amides is 1. The minimum atomic E-state index is 0.0671. The first-order valence-corrected chi connectivity index (χ1v) is 10.4. The molecule has 2 aliphatic rings. The molecule has 1 amide bonds. The third-order valence-corrected chi connectivity index (χ3v) is 5.76. The molecule has 0 aliphatic carbocycles. The number of rotatable bonds is 9. The smallest absolute Gasteiger partial charge is 0.320 e. The lowest BCUT2D eigenvalue weighted by molar-refractivity contribution is -0.117. The van der Waals surface area contributed by atoms with Gasteiger partial charge in [-0.2, -0.15) is 9.97 Å². The Bertz CT molecular complexity index is 644. The largest absolute Gasteiger partial charge is 0.463 e. The van der Waals surface area contributed by atoms with Crippen LogP contribution in [0.5, 0.6) is 6.01 Å². The molecule has 1 saturated heterocycles. The maximum Gasteiger partial charge on any atom is 0.320 e. The molecule has 3 heterocycles. The van der Waals surface area contributed by atoms with E-state index in [4.69, 9.17) is 10.5 Å². The Kier molecular flexibility index (Phi) is 6.88. The van der Waals surface area contributed by atoms with Gasteiger partial charge in [0.05, 0.1) is 13.0 Å². The molecule has 0 radical (unpaired) electrons. The number of nitrogens with zero attached hydrogens (tertiary/aromatic N) is 4. The maximum absolute atomic E-state index is 12.5. The average molecular weight is 376 g/mol. The number of anilines is 2. The summed E-state index contributed by atoms with van der Waals surface area (Å²) in [5.41, 5.74) is 6.81. The Morgan fingerprint density at radius 1 is 1.19 bits per heavy atom. The van der Waals surface area contributed by atoms with Crippen molar-refractivity contribution in [3.8, 4) is 6.01 Å². The van der Waals surface area contributed by atoms with Crippen molar-refractivity contribution >= 4 is 17.5 Å². The van der Waals surface area contributed by atoms with Gasteiger partial charge in [0, 0.05) is 12.1 Å². The van der Waals surface area contributed by atoms with Crippen LogP contribution >= 0.6 is 0 Å². The van der Waals surface area contributed by atoms with E-state index in [-0.39, 0.29) is 11.9 Å². The van der Waals surface area contributed by atoms with Crippen molar-refractivity contribution in [3.63, 3.8) is 0 Å². The monoisotopic (exact) mass is 375 g/mol. The van der Waals surface area contributed by atoms with Gasteiger partial charge in [0.2, 0.25) is 5.91 Å². The number of carbonyl (C=O) groups is 1. The summed E-state index contributed by atoms with van der Waals surface area (Å²) in [6.45, 7) is 9.15. The number of hydrogen-bond acceptors (Lipinski definition) is 6. The van der Waals surface area contributed by atoms with Crippen LogP contribution in [0.25, 0.3) is 0 Å². The second-order valence-corrected chi connectivity index (χ2v) is 7.64. The van der Waals surface area contributed by atoms with Crippen LogP contribution < -0.4 is 15.4 Å². The van der Waals surface area contributed by atoms with E-state index in [0.29, 0.717) is 31.2 Å². The van der Waals surface area contributed by atoms with E-state index in [9.17, 15) is 4.79 Å². The quantitative estimate of drug-likeness (QED) is 0.668. The topological polar surface area (TPSA) is 84.6 Å². The average Bonchev–Trinajstić information content (AvgIpc) is 2.99. The summed E-state index contributed by atoms with van der Waals surface area (Å²) >= 11 is 0. The predicted octanol–water partition coefficient (Wildman–Crippen LogP) is 2.64. The second kappa shape index (κ2) is 9.35. The van der Waals surface area contributed by atoms with Crippen LogP contribution in [0, 0.1) is 5.92 Å². The fraction of sp³-hybridized carbons (Fsp3) is 0.750. The molecule has 0 spiro atoms. The number of nitrogens with two attached hydrogens (primary N) is 1. The number of piperidine rings is 1. The fourth-order valence-corrected chi connectivity index (χ4v) is 3.96. The molecule has 0 unspecified atom stereocenters. The van der Waals surface area contributed by atoms with Gasteiger partial charge in [0.1, 0.15) is 11.6 Å². The number of nitrogen functional groups attached to an aromatic ring is 1. The summed E-state index contributed by atoms with van der Waals surface area (Å²) in [4.78, 5) is 25.5. The molecule has 2 N–H and O–H groups in total. The molecule has 2 aliphatic heterocycles. The molecule has 27 heavy (non-hydrogen) atoms. The Hall–Kier alpha value is -1.89. The van der Waals surface area contributed by atoms with E-state index in [2.05, 4.69) is 28.7 Å². The van der Waals surface area contributed by atoms with Crippen molar-refractivity contribution in [2.24, 2.45) is 5.92 Å². The number of hydrogen-bond donors (Lipinski definition) is 1. The summed E-state index contributed by atoms with van der Waals surface area (Å²) in [7, 11) is 0. The molecule has 0 bridgehead atoms. The SMILES string of the molecule is CCCCOc1nc(N)c2c(n1)N(CCCC1CCN(CC)CC1)C(=O)C2. The van der Waals surface area contributed by atoms with Gasteiger partial charge in [-0.15, -0.1) is 0 Å². The summed E-state index contributed by atoms with van der Waals surface area (Å²) in [5, 5.41) is 0. The van der Waals surface area contributed by atoms with Crippen LogP contribution in [0.4, 0.5) is 11.6 Å². The van der Waals surface area contributed by atoms with E-state index in [0.717, 1.165) is 43.7 Å². The molecular formula is C20H33N5O2. The summed E-state index contributed by atoms with van der Waals surface area (Å²) in [6, 6.07) is 0.284. The molecule has 1 aromatic heterocycles. The highest BCUT2D eigenvalue weighted by Crippen LogP contribution is 2.32. The van der Waals surface area contributed by atoms with Crippen molar-refractivity contribution in [1.82, 2.24) is 14.9 Å². The number of carbonyl (C=O) groups excluding carboxylic acids is 1. The summed E-state index contributed by atoms with van der Waals surface area (Å²) < 4.78 is 5.61. The highest BCUT2D eigenvalue weighted by atomic mass is 16.5. The summed E-state index contributed by atoms with van der Waals surface area (Å²) in [6.07, 6.45) is 6.98. The Morgan fingerprint density at radius 3 is 2.67 bits per heavy atom. The van der Waals surface area contributed by atoms with E-state index < -0.39 is 0 Å². The third-order valence-electron chi connectivity index (χ3n) is 5.76. The van der Waals surface area contributed by atoms with Crippen LogP contribution in [0.3, 0.4) is 0 Å². The zero-order chi connectivity index (χ0) is 19.2. The minimum absolute atomic E-state index is 0.0671. The van der Waals surface area contributed by atoms with Crippen molar-refractivity contribution in [3.05, 3.63) is 5.56 Å². The lowest BCUT2D eigenvalue weighted by atomic mass is 9.92. The van der Waals surface area contributed by atoms with E-state index >= 15 is 0 Å².